The summed E-state index contributed by atoms with van der Waals surface area (Å²) < 4.78 is 26.5. The Kier molecular flexibility index (Phi) is 4.99. The zero-order valence-corrected chi connectivity index (χ0v) is 17.6. The molecule has 30 heavy (non-hydrogen) atoms. The van der Waals surface area contributed by atoms with Crippen molar-refractivity contribution in [2.45, 2.75) is 29.7 Å². The van der Waals surface area contributed by atoms with Crippen LogP contribution >= 0.6 is 11.8 Å². The molecule has 0 unspecified atom stereocenters. The van der Waals surface area contributed by atoms with Crippen LogP contribution in [0.1, 0.15) is 12.0 Å². The van der Waals surface area contributed by atoms with Crippen molar-refractivity contribution in [3.8, 4) is 0 Å². The van der Waals surface area contributed by atoms with Crippen molar-refractivity contribution in [2.24, 2.45) is 5.73 Å². The summed E-state index contributed by atoms with van der Waals surface area (Å²) in [5, 5.41) is 9.16. The average Bonchev–Trinajstić information content (AvgIpc) is 3.08. The molecule has 4 rings (SSSR count). The van der Waals surface area contributed by atoms with Gasteiger partial charge in [0.25, 0.3) is 15.9 Å². The maximum Gasteiger partial charge on any atom is 0.352 e. The van der Waals surface area contributed by atoms with Crippen LogP contribution in [0, 0.1) is 6.92 Å². The van der Waals surface area contributed by atoms with Gasteiger partial charge in [0.05, 0.1) is 4.90 Å². The molecular formula is C19H19N3O6S2. The second kappa shape index (κ2) is 7.25. The SMILES string of the molecule is Cc1ccc(S(=O)(=O)N2CC/C(=C\C3=C(C(=O)O)N4C(=O)[C@@H](N)[C@H]4SC3)C2=O)cc1. The maximum absolute atomic E-state index is 12.9. The van der Waals surface area contributed by atoms with Crippen LogP contribution in [-0.4, -0.2) is 64.2 Å². The molecule has 0 radical (unpaired) electrons. The normalized spacial score (nSPS) is 25.6. The van der Waals surface area contributed by atoms with Crippen LogP contribution < -0.4 is 5.73 Å². The van der Waals surface area contributed by atoms with Crippen LogP contribution in [0.25, 0.3) is 0 Å². The number of rotatable bonds is 4. The van der Waals surface area contributed by atoms with E-state index in [0.717, 1.165) is 14.8 Å². The molecule has 158 valence electrons. The first kappa shape index (κ1) is 20.6. The first-order valence-corrected chi connectivity index (χ1v) is 11.6. The average molecular weight is 450 g/mol. The van der Waals surface area contributed by atoms with Gasteiger partial charge in [0, 0.05) is 17.9 Å². The van der Waals surface area contributed by atoms with Crippen LogP contribution in [0.15, 0.2) is 52.1 Å². The summed E-state index contributed by atoms with van der Waals surface area (Å²) in [4.78, 5) is 37.8. The summed E-state index contributed by atoms with van der Waals surface area (Å²) in [5.74, 6) is -2.21. The number of β-lactam (4-membered cyclic amide) rings is 1. The van der Waals surface area contributed by atoms with Crippen molar-refractivity contribution in [1.29, 1.82) is 0 Å². The number of carboxylic acid groups (broad SMARTS) is 1. The van der Waals surface area contributed by atoms with E-state index in [1.165, 1.54) is 30.0 Å². The van der Waals surface area contributed by atoms with Crippen LogP contribution in [-0.2, 0) is 24.4 Å². The number of carbonyl (C=O) groups excluding carboxylic acids is 2. The largest absolute Gasteiger partial charge is 0.477 e. The number of allylic oxidation sites excluding steroid dienone is 1. The predicted octanol–water partition coefficient (Wildman–Crippen LogP) is 0.424. The number of carboxylic acids is 1. The van der Waals surface area contributed by atoms with E-state index in [9.17, 15) is 27.9 Å². The number of nitrogens with zero attached hydrogens (tertiary/aromatic N) is 2. The molecule has 11 heteroatoms. The molecule has 1 aromatic rings. The summed E-state index contributed by atoms with van der Waals surface area (Å²) >= 11 is 1.31. The fourth-order valence-electron chi connectivity index (χ4n) is 3.65. The van der Waals surface area contributed by atoms with Crippen molar-refractivity contribution < 1.29 is 27.9 Å². The Labute approximate surface area is 177 Å². The first-order valence-electron chi connectivity index (χ1n) is 9.14. The Morgan fingerprint density at radius 3 is 2.57 bits per heavy atom. The molecule has 3 aliphatic rings. The molecule has 1 aromatic carbocycles. The zero-order chi connectivity index (χ0) is 21.8. The third-order valence-electron chi connectivity index (χ3n) is 5.28. The van der Waals surface area contributed by atoms with Gasteiger partial charge in [0.15, 0.2) is 0 Å². The predicted molar refractivity (Wildman–Crippen MR) is 109 cm³/mol. The molecule has 2 amide bonds. The Balaban J connectivity index is 1.65. The fourth-order valence-corrected chi connectivity index (χ4v) is 6.31. The molecule has 0 aliphatic carbocycles. The summed E-state index contributed by atoms with van der Waals surface area (Å²) in [5.41, 5.74) is 6.90. The van der Waals surface area contributed by atoms with Crippen molar-refractivity contribution in [3.63, 3.8) is 0 Å². The molecule has 0 spiro atoms. The molecule has 9 nitrogen and oxygen atoms in total. The van der Waals surface area contributed by atoms with Gasteiger partial charge in [-0.3, -0.25) is 14.5 Å². The standard InChI is InChI=1S/C19H19N3O6S2/c1-10-2-4-13(5-3-10)30(27,28)21-7-6-11(16(21)23)8-12-9-29-18-14(20)17(24)22(18)15(12)19(25)26/h2-5,8,14,18H,6-7,9,20H2,1H3,(H,25,26)/b11-8+/t14-,18-/m1/s1. The number of aryl methyl sites for hydroxylation is 1. The van der Waals surface area contributed by atoms with Gasteiger partial charge in [-0.1, -0.05) is 17.7 Å². The van der Waals surface area contributed by atoms with E-state index in [0.29, 0.717) is 5.57 Å². The quantitative estimate of drug-likeness (QED) is 0.498. The van der Waals surface area contributed by atoms with Gasteiger partial charge in [-0.15, -0.1) is 11.8 Å². The topological polar surface area (TPSA) is 138 Å². The fraction of sp³-hybridized carbons (Fsp3) is 0.316. The number of amides is 2. The van der Waals surface area contributed by atoms with E-state index >= 15 is 0 Å². The van der Waals surface area contributed by atoms with E-state index in [1.54, 1.807) is 12.1 Å². The maximum atomic E-state index is 12.9. The highest BCUT2D eigenvalue weighted by Gasteiger charge is 2.51. The zero-order valence-electron chi connectivity index (χ0n) is 15.9. The van der Waals surface area contributed by atoms with Gasteiger partial charge >= 0.3 is 5.97 Å². The molecule has 3 N–H and O–H groups in total. The van der Waals surface area contributed by atoms with Gasteiger partial charge in [-0.25, -0.2) is 17.5 Å². The second-order valence-corrected chi connectivity index (χ2v) is 10.2. The van der Waals surface area contributed by atoms with Crippen molar-refractivity contribution >= 4 is 39.6 Å². The lowest BCUT2D eigenvalue weighted by molar-refractivity contribution is -0.147. The highest BCUT2D eigenvalue weighted by Crippen LogP contribution is 2.40. The summed E-state index contributed by atoms with van der Waals surface area (Å²) in [6, 6.07) is 5.45. The molecule has 3 heterocycles. The van der Waals surface area contributed by atoms with Gasteiger partial charge in [0.1, 0.15) is 17.1 Å². The summed E-state index contributed by atoms with van der Waals surface area (Å²) in [6.45, 7) is 1.80. The molecule has 2 atom stereocenters. The number of hydrogen-bond donors (Lipinski definition) is 2. The van der Waals surface area contributed by atoms with E-state index in [-0.39, 0.29) is 34.9 Å². The number of thioether (sulfide) groups is 1. The Morgan fingerprint density at radius 1 is 1.27 bits per heavy atom. The smallest absolute Gasteiger partial charge is 0.352 e. The number of aliphatic carboxylic acids is 1. The minimum Gasteiger partial charge on any atom is -0.477 e. The molecule has 3 aliphatic heterocycles. The Hall–Kier alpha value is -2.63. The lowest BCUT2D eigenvalue weighted by Crippen LogP contribution is -2.68. The third-order valence-corrected chi connectivity index (χ3v) is 8.40. The van der Waals surface area contributed by atoms with E-state index in [1.807, 2.05) is 6.92 Å². The Bertz CT molecular complexity index is 1120. The Morgan fingerprint density at radius 2 is 1.93 bits per heavy atom. The lowest BCUT2D eigenvalue weighted by Gasteiger charge is -2.47. The van der Waals surface area contributed by atoms with Gasteiger partial charge in [-0.05, 0) is 37.1 Å². The first-order chi connectivity index (χ1) is 14.1. The number of fused-ring (bicyclic) bond motifs is 1. The molecule has 2 fully saturated rings. The monoisotopic (exact) mass is 449 g/mol. The third kappa shape index (κ3) is 3.13. The van der Waals surface area contributed by atoms with Gasteiger partial charge < -0.3 is 10.8 Å². The summed E-state index contributed by atoms with van der Waals surface area (Å²) in [6.07, 6.45) is 1.55. The number of benzene rings is 1. The van der Waals surface area contributed by atoms with Crippen molar-refractivity contribution in [3.05, 3.63) is 52.7 Å². The van der Waals surface area contributed by atoms with Crippen LogP contribution in [0.2, 0.25) is 0 Å². The lowest BCUT2D eigenvalue weighted by atomic mass is 10.0. The molecule has 0 bridgehead atoms. The molecular weight excluding hydrogens is 430 g/mol. The van der Waals surface area contributed by atoms with Crippen LogP contribution in [0.5, 0.6) is 0 Å². The highest BCUT2D eigenvalue weighted by molar-refractivity contribution is 8.00. The number of carbonyl (C=O) groups is 3. The molecule has 0 aromatic heterocycles. The minimum atomic E-state index is -4.01. The van der Waals surface area contributed by atoms with E-state index < -0.39 is 39.2 Å². The van der Waals surface area contributed by atoms with E-state index in [4.69, 9.17) is 5.73 Å². The van der Waals surface area contributed by atoms with Crippen molar-refractivity contribution in [1.82, 2.24) is 9.21 Å². The number of hydrogen-bond acceptors (Lipinski definition) is 7. The molecule has 0 saturated carbocycles. The van der Waals surface area contributed by atoms with Crippen LogP contribution in [0.3, 0.4) is 0 Å². The highest BCUT2D eigenvalue weighted by atomic mass is 32.2. The van der Waals surface area contributed by atoms with Gasteiger partial charge in [-0.2, -0.15) is 0 Å². The molecule has 2 saturated heterocycles. The minimum absolute atomic E-state index is 0.0179. The van der Waals surface area contributed by atoms with Crippen molar-refractivity contribution in [2.75, 3.05) is 12.3 Å². The second-order valence-electron chi connectivity index (χ2n) is 7.23. The van der Waals surface area contributed by atoms with E-state index in [2.05, 4.69) is 0 Å². The number of sulfonamides is 1. The van der Waals surface area contributed by atoms with Gasteiger partial charge in [0.2, 0.25) is 5.91 Å². The number of nitrogens with two attached hydrogens (primary N) is 1. The summed E-state index contributed by atoms with van der Waals surface area (Å²) in [7, 11) is -4.01. The van der Waals surface area contributed by atoms with Crippen LogP contribution in [0.4, 0.5) is 0 Å².